The van der Waals surface area contributed by atoms with Crippen molar-refractivity contribution in [1.82, 2.24) is 16.0 Å². The lowest BCUT2D eigenvalue weighted by Crippen LogP contribution is -2.51. The minimum Gasteiger partial charge on any atom is -0.491 e. The van der Waals surface area contributed by atoms with Gasteiger partial charge in [-0.3, -0.25) is 9.59 Å². The first-order valence-electron chi connectivity index (χ1n) is 11.6. The number of halogens is 4. The van der Waals surface area contributed by atoms with Gasteiger partial charge in [-0.15, -0.1) is 0 Å². The van der Waals surface area contributed by atoms with E-state index in [0.29, 0.717) is 24.0 Å². The van der Waals surface area contributed by atoms with Gasteiger partial charge in [0.1, 0.15) is 0 Å². The zero-order valence-corrected chi connectivity index (χ0v) is 19.5. The summed E-state index contributed by atoms with van der Waals surface area (Å²) in [7, 11) is 0. The molecule has 1 aliphatic heterocycles. The molecule has 1 heterocycles. The van der Waals surface area contributed by atoms with Crippen molar-refractivity contribution in [1.29, 1.82) is 0 Å². The molecular formula is C25H29F4N3O4. The van der Waals surface area contributed by atoms with Crippen molar-refractivity contribution < 1.29 is 37.0 Å². The Labute approximate surface area is 206 Å². The molecule has 0 saturated heterocycles. The van der Waals surface area contributed by atoms with E-state index in [0.717, 1.165) is 12.1 Å². The number of amides is 2. The van der Waals surface area contributed by atoms with Gasteiger partial charge in [-0.05, 0) is 48.6 Å². The highest BCUT2D eigenvalue weighted by atomic mass is 19.4. The average molecular weight is 512 g/mol. The van der Waals surface area contributed by atoms with Crippen molar-refractivity contribution in [3.05, 3.63) is 65.0 Å². The predicted octanol–water partition coefficient (Wildman–Crippen LogP) is 2.70. The van der Waals surface area contributed by atoms with E-state index in [-0.39, 0.29) is 50.7 Å². The zero-order valence-electron chi connectivity index (χ0n) is 19.5. The summed E-state index contributed by atoms with van der Waals surface area (Å²) in [5.74, 6) is -1.34. The van der Waals surface area contributed by atoms with E-state index in [2.05, 4.69) is 16.0 Å². The molecule has 2 bridgehead atoms. The Bertz CT molecular complexity index is 1050. The number of benzene rings is 2. The van der Waals surface area contributed by atoms with E-state index in [1.54, 1.807) is 0 Å². The predicted molar refractivity (Wildman–Crippen MR) is 124 cm³/mol. The van der Waals surface area contributed by atoms with Crippen LogP contribution in [0, 0.1) is 5.82 Å². The van der Waals surface area contributed by atoms with Gasteiger partial charge in [0.25, 0.3) is 0 Å². The minimum absolute atomic E-state index is 0.0362. The van der Waals surface area contributed by atoms with Gasteiger partial charge in [0, 0.05) is 19.5 Å². The molecule has 0 aromatic heterocycles. The van der Waals surface area contributed by atoms with E-state index < -0.39 is 35.6 Å². The number of alkyl halides is 3. The number of hydrogen-bond acceptors (Lipinski definition) is 5. The van der Waals surface area contributed by atoms with Crippen molar-refractivity contribution in [3.63, 3.8) is 0 Å². The van der Waals surface area contributed by atoms with Crippen molar-refractivity contribution in [3.8, 4) is 5.75 Å². The Balaban J connectivity index is 1.69. The molecule has 11 heteroatoms. The highest BCUT2D eigenvalue weighted by Crippen LogP contribution is 2.29. The zero-order chi connectivity index (χ0) is 26.1. The van der Waals surface area contributed by atoms with Crippen molar-refractivity contribution >= 4 is 11.8 Å². The molecule has 0 fully saturated rings. The molecule has 0 saturated carbocycles. The number of rotatable bonds is 5. The van der Waals surface area contributed by atoms with Crippen molar-refractivity contribution in [2.75, 3.05) is 19.7 Å². The van der Waals surface area contributed by atoms with E-state index >= 15 is 0 Å². The smallest absolute Gasteiger partial charge is 0.416 e. The van der Waals surface area contributed by atoms with Crippen LogP contribution in [0.5, 0.6) is 5.75 Å². The fourth-order valence-electron chi connectivity index (χ4n) is 3.78. The minimum atomic E-state index is -4.46. The fraction of sp³-hybridized carbons (Fsp3) is 0.440. The third-order valence-corrected chi connectivity index (χ3v) is 5.70. The Kier molecular flexibility index (Phi) is 9.65. The number of fused-ring (bicyclic) bond motifs is 2. The van der Waals surface area contributed by atoms with E-state index in [1.807, 2.05) is 0 Å². The number of ether oxygens (including phenoxy) is 1. The van der Waals surface area contributed by atoms with Crippen LogP contribution < -0.4 is 20.7 Å². The van der Waals surface area contributed by atoms with Crippen LogP contribution in [0.25, 0.3) is 0 Å². The molecular weight excluding hydrogens is 482 g/mol. The second kappa shape index (κ2) is 12.7. The van der Waals surface area contributed by atoms with Crippen LogP contribution in [0.15, 0.2) is 42.5 Å². The molecule has 4 N–H and O–H groups in total. The molecule has 1 aliphatic rings. The van der Waals surface area contributed by atoms with E-state index in [1.165, 1.54) is 30.3 Å². The van der Waals surface area contributed by atoms with Crippen LogP contribution in [0.4, 0.5) is 17.6 Å². The average Bonchev–Trinajstić information content (AvgIpc) is 2.83. The maximum absolute atomic E-state index is 14.2. The van der Waals surface area contributed by atoms with Crippen LogP contribution in [-0.4, -0.2) is 48.8 Å². The highest BCUT2D eigenvalue weighted by molar-refractivity contribution is 5.84. The van der Waals surface area contributed by atoms with Crippen molar-refractivity contribution in [2.24, 2.45) is 0 Å². The topological polar surface area (TPSA) is 99.7 Å². The van der Waals surface area contributed by atoms with Gasteiger partial charge in [0.05, 0.1) is 30.9 Å². The SMILES string of the molecule is O=C1CCCCOc2cc(ccc2F)CC(C(O)CNCc2cccc(C(F)(F)F)c2)NC(=O)CN1. The lowest BCUT2D eigenvalue weighted by Gasteiger charge is -2.25. The van der Waals surface area contributed by atoms with Gasteiger partial charge < -0.3 is 25.8 Å². The summed E-state index contributed by atoms with van der Waals surface area (Å²) in [6.45, 7) is -0.0361. The van der Waals surface area contributed by atoms with Crippen molar-refractivity contribution in [2.45, 2.75) is 50.6 Å². The standard InChI is InChI=1S/C25H29F4N3O4/c26-19-8-7-16-11-20(21(33)14-30-13-17-4-3-5-18(10-17)25(27,28)29)32-24(35)15-31-23(34)6-1-2-9-36-22(19)12-16/h3-5,7-8,10,12,20-21,30,33H,1-2,6,9,11,13-15H2,(H,31,34)(H,32,35). The number of carbonyl (C=O) groups is 2. The molecule has 0 aliphatic carbocycles. The first-order chi connectivity index (χ1) is 17.1. The first-order valence-corrected chi connectivity index (χ1v) is 11.6. The largest absolute Gasteiger partial charge is 0.491 e. The molecule has 36 heavy (non-hydrogen) atoms. The van der Waals surface area contributed by atoms with Gasteiger partial charge in [-0.2, -0.15) is 13.2 Å². The van der Waals surface area contributed by atoms with Crippen LogP contribution >= 0.6 is 0 Å². The molecule has 3 rings (SSSR count). The van der Waals surface area contributed by atoms with Gasteiger partial charge in [0.15, 0.2) is 11.6 Å². The third kappa shape index (κ3) is 8.49. The molecule has 2 aromatic rings. The molecule has 7 nitrogen and oxygen atoms in total. The maximum Gasteiger partial charge on any atom is 0.416 e. The molecule has 2 amide bonds. The Morgan fingerprint density at radius 3 is 2.69 bits per heavy atom. The number of aliphatic hydroxyl groups excluding tert-OH is 1. The molecule has 196 valence electrons. The molecule has 0 radical (unpaired) electrons. The summed E-state index contributed by atoms with van der Waals surface area (Å²) in [5, 5.41) is 18.9. The molecule has 2 atom stereocenters. The van der Waals surface area contributed by atoms with Gasteiger partial charge in [0.2, 0.25) is 11.8 Å². The fourth-order valence-corrected chi connectivity index (χ4v) is 3.78. The second-order valence-electron chi connectivity index (χ2n) is 8.62. The Morgan fingerprint density at radius 1 is 1.11 bits per heavy atom. The van der Waals surface area contributed by atoms with Crippen LogP contribution in [0.2, 0.25) is 0 Å². The molecule has 0 spiro atoms. The summed E-state index contributed by atoms with van der Waals surface area (Å²) in [6.07, 6.45) is -4.25. The number of hydrogen-bond donors (Lipinski definition) is 4. The van der Waals surface area contributed by atoms with Gasteiger partial charge in [-0.25, -0.2) is 4.39 Å². The molecule has 2 aromatic carbocycles. The number of aliphatic hydroxyl groups is 1. The summed E-state index contributed by atoms with van der Waals surface area (Å²) in [4.78, 5) is 24.4. The summed E-state index contributed by atoms with van der Waals surface area (Å²) in [6, 6.07) is 8.27. The number of carbonyl (C=O) groups excluding carboxylic acids is 2. The summed E-state index contributed by atoms with van der Waals surface area (Å²) in [5.41, 5.74) is 0.214. The third-order valence-electron chi connectivity index (χ3n) is 5.70. The first kappa shape index (κ1) is 27.4. The lowest BCUT2D eigenvalue weighted by atomic mass is 10.0. The van der Waals surface area contributed by atoms with Crippen LogP contribution in [0.3, 0.4) is 0 Å². The quantitative estimate of drug-likeness (QED) is 0.463. The van der Waals surface area contributed by atoms with E-state index in [4.69, 9.17) is 4.74 Å². The van der Waals surface area contributed by atoms with Gasteiger partial charge >= 0.3 is 6.18 Å². The highest BCUT2D eigenvalue weighted by Gasteiger charge is 2.30. The van der Waals surface area contributed by atoms with E-state index in [9.17, 15) is 32.3 Å². The number of nitrogens with one attached hydrogen (secondary N) is 3. The Morgan fingerprint density at radius 2 is 1.92 bits per heavy atom. The second-order valence-corrected chi connectivity index (χ2v) is 8.62. The monoisotopic (exact) mass is 511 g/mol. The summed E-state index contributed by atoms with van der Waals surface area (Å²) >= 11 is 0. The maximum atomic E-state index is 14.2. The van der Waals surface area contributed by atoms with Crippen LogP contribution in [0.1, 0.15) is 36.0 Å². The normalized spacial score (nSPS) is 18.8. The Hall–Kier alpha value is -3.18. The van der Waals surface area contributed by atoms with Gasteiger partial charge in [-0.1, -0.05) is 24.3 Å². The molecule has 2 unspecified atom stereocenters. The van der Waals surface area contributed by atoms with Crippen LogP contribution in [-0.2, 0) is 28.7 Å². The summed E-state index contributed by atoms with van der Waals surface area (Å²) < 4.78 is 58.5. The lowest BCUT2D eigenvalue weighted by molar-refractivity contribution is -0.137.